The molecule has 10 heteroatoms. The van der Waals surface area contributed by atoms with Crippen molar-refractivity contribution >= 4 is 35.1 Å². The summed E-state index contributed by atoms with van der Waals surface area (Å²) in [4.78, 5) is 36.5. The van der Waals surface area contributed by atoms with Crippen LogP contribution in [0.4, 0.5) is 18.9 Å². The van der Waals surface area contributed by atoms with Gasteiger partial charge in [0.05, 0.1) is 34.4 Å². The topological polar surface area (TPSA) is 84.5 Å². The fraction of sp³-hybridized carbons (Fsp3) is 0.353. The van der Waals surface area contributed by atoms with Gasteiger partial charge in [0.2, 0.25) is 11.8 Å². The van der Waals surface area contributed by atoms with Crippen LogP contribution in [0, 0.1) is 5.92 Å². The van der Waals surface area contributed by atoms with Crippen molar-refractivity contribution in [2.24, 2.45) is 5.92 Å². The number of alkyl halides is 3. The van der Waals surface area contributed by atoms with E-state index in [9.17, 15) is 27.6 Å². The van der Waals surface area contributed by atoms with Gasteiger partial charge in [-0.2, -0.15) is 13.2 Å². The number of ether oxygens (including phenoxy) is 1. The maximum atomic E-state index is 12.9. The average Bonchev–Trinajstić information content (AvgIpc) is 2.55. The summed E-state index contributed by atoms with van der Waals surface area (Å²) in [5.41, 5.74) is -1.18. The molecule has 0 spiro atoms. The molecule has 0 aliphatic carbocycles. The molecule has 0 aromatic heterocycles. The van der Waals surface area contributed by atoms with E-state index in [1.54, 1.807) is 6.92 Å². The number of amides is 2. The van der Waals surface area contributed by atoms with Crippen molar-refractivity contribution < 1.29 is 32.3 Å². The number of carbonyl (C=O) groups is 3. The summed E-state index contributed by atoms with van der Waals surface area (Å²) in [5, 5.41) is 4.59. The molecule has 0 fully saturated rings. The first-order valence-electron chi connectivity index (χ1n) is 7.90. The fourth-order valence-corrected chi connectivity index (χ4v) is 2.79. The first-order chi connectivity index (χ1) is 12.5. The number of rotatable bonds is 4. The molecule has 2 amide bonds. The molecule has 146 valence electrons. The maximum Gasteiger partial charge on any atom is 0.416 e. The number of esters is 1. The van der Waals surface area contributed by atoms with Crippen LogP contribution in [0.2, 0.25) is 5.02 Å². The molecule has 1 aromatic rings. The lowest BCUT2D eigenvalue weighted by molar-refractivity contribution is -0.141. The van der Waals surface area contributed by atoms with E-state index in [0.717, 1.165) is 12.1 Å². The Morgan fingerprint density at radius 3 is 2.63 bits per heavy atom. The van der Waals surface area contributed by atoms with Crippen LogP contribution < -0.4 is 10.6 Å². The molecule has 0 bridgehead atoms. The molecule has 1 heterocycles. The first-order valence-corrected chi connectivity index (χ1v) is 8.27. The predicted molar refractivity (Wildman–Crippen MR) is 90.7 cm³/mol. The van der Waals surface area contributed by atoms with Crippen LogP contribution in [0.25, 0.3) is 0 Å². The molecular formula is C17H16ClF3N2O4. The number of carbonyl (C=O) groups excluding carboxylic acids is 3. The highest BCUT2D eigenvalue weighted by atomic mass is 35.5. The molecule has 0 saturated carbocycles. The second-order valence-corrected chi connectivity index (χ2v) is 6.15. The van der Waals surface area contributed by atoms with Gasteiger partial charge in [0.1, 0.15) is 0 Å². The molecule has 0 saturated heterocycles. The quantitative estimate of drug-likeness (QED) is 0.754. The van der Waals surface area contributed by atoms with Crippen molar-refractivity contribution in [3.63, 3.8) is 0 Å². The van der Waals surface area contributed by atoms with Gasteiger partial charge < -0.3 is 15.4 Å². The Labute approximate surface area is 157 Å². The Morgan fingerprint density at radius 2 is 2.04 bits per heavy atom. The summed E-state index contributed by atoms with van der Waals surface area (Å²) >= 11 is 5.87. The van der Waals surface area contributed by atoms with Gasteiger partial charge in [-0.15, -0.1) is 0 Å². The summed E-state index contributed by atoms with van der Waals surface area (Å²) in [5.74, 6) is -3.35. The smallest absolute Gasteiger partial charge is 0.416 e. The van der Waals surface area contributed by atoms with Crippen LogP contribution in [0.15, 0.2) is 29.5 Å². The zero-order chi connectivity index (χ0) is 20.4. The van der Waals surface area contributed by atoms with Crippen LogP contribution in [0.5, 0.6) is 0 Å². The minimum Gasteiger partial charge on any atom is -0.463 e. The third kappa shape index (κ3) is 4.79. The van der Waals surface area contributed by atoms with Gasteiger partial charge in [-0.1, -0.05) is 11.6 Å². The van der Waals surface area contributed by atoms with E-state index in [0.29, 0.717) is 6.07 Å². The minimum absolute atomic E-state index is 0.0529. The van der Waals surface area contributed by atoms with Crippen molar-refractivity contribution in [2.75, 3.05) is 11.9 Å². The lowest BCUT2D eigenvalue weighted by Gasteiger charge is -2.25. The van der Waals surface area contributed by atoms with E-state index in [-0.39, 0.29) is 35.0 Å². The van der Waals surface area contributed by atoms with E-state index in [1.165, 1.54) is 6.92 Å². The summed E-state index contributed by atoms with van der Waals surface area (Å²) < 4.78 is 43.5. The van der Waals surface area contributed by atoms with Crippen LogP contribution in [0.3, 0.4) is 0 Å². The van der Waals surface area contributed by atoms with Gasteiger partial charge in [-0.3, -0.25) is 9.59 Å². The molecular weight excluding hydrogens is 389 g/mol. The average molecular weight is 405 g/mol. The molecule has 6 nitrogen and oxygen atoms in total. The summed E-state index contributed by atoms with van der Waals surface area (Å²) in [6.45, 7) is 3.06. The molecule has 1 aliphatic heterocycles. The predicted octanol–water partition coefficient (Wildman–Crippen LogP) is 3.27. The number of hydrogen-bond donors (Lipinski definition) is 2. The van der Waals surface area contributed by atoms with E-state index >= 15 is 0 Å². The third-order valence-corrected chi connectivity index (χ3v) is 4.16. The second-order valence-electron chi connectivity index (χ2n) is 5.75. The summed E-state index contributed by atoms with van der Waals surface area (Å²) in [7, 11) is 0. The Hall–Kier alpha value is -2.55. The molecule has 1 aromatic carbocycles. The Morgan fingerprint density at radius 1 is 1.37 bits per heavy atom. The lowest BCUT2D eigenvalue weighted by atomic mass is 9.89. The molecule has 1 atom stereocenters. The molecule has 27 heavy (non-hydrogen) atoms. The van der Waals surface area contributed by atoms with Crippen molar-refractivity contribution in [1.29, 1.82) is 0 Å². The normalized spacial score (nSPS) is 17.4. The lowest BCUT2D eigenvalue weighted by Crippen LogP contribution is -2.40. The third-order valence-electron chi connectivity index (χ3n) is 3.83. The first kappa shape index (κ1) is 20.8. The van der Waals surface area contributed by atoms with Gasteiger partial charge in [-0.25, -0.2) is 4.79 Å². The summed E-state index contributed by atoms with van der Waals surface area (Å²) in [6.07, 6.45) is -4.98. The number of hydrogen-bond acceptors (Lipinski definition) is 4. The highest BCUT2D eigenvalue weighted by molar-refractivity contribution is 6.33. The number of allylic oxidation sites excluding steroid dienone is 1. The van der Waals surface area contributed by atoms with Crippen molar-refractivity contribution in [3.8, 4) is 0 Å². The molecule has 2 rings (SSSR count). The zero-order valence-corrected chi connectivity index (χ0v) is 15.1. The number of nitrogens with one attached hydrogen (secondary N) is 2. The highest BCUT2D eigenvalue weighted by Crippen LogP contribution is 2.34. The van der Waals surface area contributed by atoms with E-state index in [2.05, 4.69) is 10.6 Å². The zero-order valence-electron chi connectivity index (χ0n) is 14.4. The van der Waals surface area contributed by atoms with E-state index < -0.39 is 35.4 Å². The molecule has 1 aliphatic rings. The largest absolute Gasteiger partial charge is 0.463 e. The van der Waals surface area contributed by atoms with Crippen LogP contribution >= 0.6 is 11.6 Å². The number of halogens is 4. The van der Waals surface area contributed by atoms with Crippen LogP contribution in [-0.2, 0) is 25.3 Å². The van der Waals surface area contributed by atoms with Crippen molar-refractivity contribution in [2.45, 2.75) is 26.4 Å². The Kier molecular flexibility index (Phi) is 6.15. The van der Waals surface area contributed by atoms with Gasteiger partial charge in [-0.05, 0) is 32.0 Å². The standard InChI is InChI=1S/C17H16ClF3N2O4/c1-3-27-16(26)14-8(2)22-13(24)7-10(14)15(25)23-12-6-9(17(19,20)21)4-5-11(12)18/h4-6,10H,3,7H2,1-2H3,(H,22,24)(H,23,25)/t10-/m1/s1. The SMILES string of the molecule is CCOC(=O)C1=C(C)NC(=O)C[C@H]1C(=O)Nc1cc(C(F)(F)F)ccc1Cl. The number of benzene rings is 1. The van der Waals surface area contributed by atoms with Crippen LogP contribution in [0.1, 0.15) is 25.8 Å². The van der Waals surface area contributed by atoms with Crippen LogP contribution in [-0.4, -0.2) is 24.4 Å². The molecule has 0 unspecified atom stereocenters. The molecule has 2 N–H and O–H groups in total. The minimum atomic E-state index is -4.62. The monoisotopic (exact) mass is 404 g/mol. The fourth-order valence-electron chi connectivity index (χ4n) is 2.62. The maximum absolute atomic E-state index is 12.9. The van der Waals surface area contributed by atoms with Crippen molar-refractivity contribution in [1.82, 2.24) is 5.32 Å². The second kappa shape index (κ2) is 7.99. The number of anilines is 1. The van der Waals surface area contributed by atoms with Crippen molar-refractivity contribution in [3.05, 3.63) is 40.1 Å². The van der Waals surface area contributed by atoms with Gasteiger partial charge in [0, 0.05) is 12.1 Å². The summed E-state index contributed by atoms with van der Waals surface area (Å²) in [6, 6.07) is 2.46. The highest BCUT2D eigenvalue weighted by Gasteiger charge is 2.37. The van der Waals surface area contributed by atoms with Gasteiger partial charge in [0.25, 0.3) is 0 Å². The Balaban J connectivity index is 2.34. The molecule has 0 radical (unpaired) electrons. The Bertz CT molecular complexity index is 821. The van der Waals surface area contributed by atoms with Gasteiger partial charge >= 0.3 is 12.1 Å². The van der Waals surface area contributed by atoms with Gasteiger partial charge in [0.15, 0.2) is 0 Å². The van der Waals surface area contributed by atoms with E-state index in [4.69, 9.17) is 16.3 Å². The van der Waals surface area contributed by atoms with E-state index in [1.807, 2.05) is 0 Å².